The van der Waals surface area contributed by atoms with Crippen molar-refractivity contribution in [3.05, 3.63) is 39.8 Å². The molecule has 1 N–H and O–H groups in total. The van der Waals surface area contributed by atoms with E-state index in [9.17, 15) is 0 Å². The zero-order valence-corrected chi connectivity index (χ0v) is 10.1. The first-order valence-corrected chi connectivity index (χ1v) is 6.59. The lowest BCUT2D eigenvalue weighted by atomic mass is 10.0. The van der Waals surface area contributed by atoms with Gasteiger partial charge in [-0.25, -0.2) is 0 Å². The Labute approximate surface area is 99.1 Å². The maximum Gasteiger partial charge on any atom is 0.0844 e. The molecule has 4 heteroatoms. The van der Waals surface area contributed by atoms with E-state index in [0.29, 0.717) is 6.04 Å². The molecule has 0 radical (unpaired) electrons. The van der Waals surface area contributed by atoms with Crippen LogP contribution in [-0.2, 0) is 13.0 Å². The minimum atomic E-state index is 0.339. The molecule has 3 nitrogen and oxygen atoms in total. The van der Waals surface area contributed by atoms with Gasteiger partial charge in [0.05, 0.1) is 11.7 Å². The topological polar surface area (TPSA) is 29.9 Å². The minimum absolute atomic E-state index is 0.339. The maximum atomic E-state index is 4.35. The Hall–Kier alpha value is -1.13. The van der Waals surface area contributed by atoms with Crippen LogP contribution in [0.25, 0.3) is 0 Å². The van der Waals surface area contributed by atoms with Crippen molar-refractivity contribution in [2.75, 3.05) is 6.54 Å². The second kappa shape index (κ2) is 4.03. The fourth-order valence-electron chi connectivity index (χ4n) is 2.34. The van der Waals surface area contributed by atoms with E-state index in [-0.39, 0.29) is 0 Å². The average Bonchev–Trinajstić information content (AvgIpc) is 2.96. The molecule has 3 rings (SSSR count). The monoisotopic (exact) mass is 233 g/mol. The second-order valence-corrected chi connectivity index (χ2v) is 4.97. The van der Waals surface area contributed by atoms with Crippen LogP contribution in [0.2, 0.25) is 0 Å². The number of nitrogens with one attached hydrogen (secondary N) is 1. The first kappa shape index (κ1) is 10.1. The molecule has 84 valence electrons. The van der Waals surface area contributed by atoms with Crippen LogP contribution in [0, 0.1) is 0 Å². The van der Waals surface area contributed by atoms with Gasteiger partial charge in [-0.3, -0.25) is 4.68 Å². The van der Waals surface area contributed by atoms with Crippen LogP contribution in [0.15, 0.2) is 23.7 Å². The summed E-state index contributed by atoms with van der Waals surface area (Å²) in [5.41, 5.74) is 2.78. The molecule has 0 saturated heterocycles. The molecule has 1 aliphatic heterocycles. The summed E-state index contributed by atoms with van der Waals surface area (Å²) in [7, 11) is 0. The van der Waals surface area contributed by atoms with Crippen LogP contribution in [0.1, 0.15) is 29.1 Å². The smallest absolute Gasteiger partial charge is 0.0844 e. The summed E-state index contributed by atoms with van der Waals surface area (Å²) < 4.78 is 2.08. The number of aromatic nitrogens is 2. The molecule has 0 aromatic carbocycles. The highest BCUT2D eigenvalue weighted by atomic mass is 32.1. The lowest BCUT2D eigenvalue weighted by Crippen LogP contribution is -2.30. The number of fused-ring (bicyclic) bond motifs is 1. The predicted octanol–water partition coefficient (Wildman–Crippen LogP) is 2.20. The normalized spacial score (nSPS) is 19.7. The fourth-order valence-corrected chi connectivity index (χ4v) is 3.38. The number of hydrogen-bond acceptors (Lipinski definition) is 3. The second-order valence-electron chi connectivity index (χ2n) is 4.02. The zero-order valence-electron chi connectivity index (χ0n) is 9.31. The molecular formula is C12H15N3S. The van der Waals surface area contributed by atoms with E-state index >= 15 is 0 Å². The van der Waals surface area contributed by atoms with E-state index in [4.69, 9.17) is 0 Å². The van der Waals surface area contributed by atoms with Crippen molar-refractivity contribution in [1.82, 2.24) is 15.1 Å². The van der Waals surface area contributed by atoms with E-state index in [1.54, 1.807) is 0 Å². The van der Waals surface area contributed by atoms with Crippen LogP contribution >= 0.6 is 11.3 Å². The predicted molar refractivity (Wildman–Crippen MR) is 65.8 cm³/mol. The molecule has 1 aliphatic rings. The Morgan fingerprint density at radius 3 is 3.38 bits per heavy atom. The standard InChI is InChI=1S/C12H15N3S/c1-2-15-10(4-7-14-15)11-12-9(3-6-13-11)5-8-16-12/h4-5,7-8,11,13H,2-3,6H2,1H3. The molecule has 1 atom stereocenters. The van der Waals surface area contributed by atoms with Crippen LogP contribution < -0.4 is 5.32 Å². The fraction of sp³-hybridized carbons (Fsp3) is 0.417. The van der Waals surface area contributed by atoms with E-state index in [0.717, 1.165) is 19.5 Å². The van der Waals surface area contributed by atoms with Gasteiger partial charge in [-0.15, -0.1) is 11.3 Å². The first-order valence-electron chi connectivity index (χ1n) is 5.71. The van der Waals surface area contributed by atoms with E-state index in [2.05, 4.69) is 39.5 Å². The van der Waals surface area contributed by atoms with Crippen molar-refractivity contribution < 1.29 is 0 Å². The summed E-state index contributed by atoms with van der Waals surface area (Å²) in [6.07, 6.45) is 3.04. The van der Waals surface area contributed by atoms with Gasteiger partial charge in [0.1, 0.15) is 0 Å². The minimum Gasteiger partial charge on any atom is -0.304 e. The molecule has 3 heterocycles. The third kappa shape index (κ3) is 1.49. The van der Waals surface area contributed by atoms with Gasteiger partial charge in [0, 0.05) is 24.2 Å². The van der Waals surface area contributed by atoms with Gasteiger partial charge >= 0.3 is 0 Å². The van der Waals surface area contributed by atoms with Crippen LogP contribution in [-0.4, -0.2) is 16.3 Å². The van der Waals surface area contributed by atoms with Crippen LogP contribution in [0.3, 0.4) is 0 Å². The highest BCUT2D eigenvalue weighted by Gasteiger charge is 2.24. The van der Waals surface area contributed by atoms with Crippen molar-refractivity contribution in [2.45, 2.75) is 25.9 Å². The van der Waals surface area contributed by atoms with Crippen molar-refractivity contribution in [3.8, 4) is 0 Å². The molecule has 0 fully saturated rings. The highest BCUT2D eigenvalue weighted by molar-refractivity contribution is 7.10. The molecule has 0 bridgehead atoms. The summed E-state index contributed by atoms with van der Waals surface area (Å²) in [5, 5.41) is 10.1. The largest absolute Gasteiger partial charge is 0.304 e. The van der Waals surface area contributed by atoms with Gasteiger partial charge in [-0.05, 0) is 36.4 Å². The average molecular weight is 233 g/mol. The summed E-state index contributed by atoms with van der Waals surface area (Å²) >= 11 is 1.85. The van der Waals surface area contributed by atoms with Crippen molar-refractivity contribution >= 4 is 11.3 Å². The van der Waals surface area contributed by atoms with Gasteiger partial charge < -0.3 is 5.32 Å². The number of rotatable bonds is 2. The molecule has 0 amide bonds. The van der Waals surface area contributed by atoms with Crippen molar-refractivity contribution in [3.63, 3.8) is 0 Å². The molecule has 2 aromatic heterocycles. The zero-order chi connectivity index (χ0) is 11.0. The quantitative estimate of drug-likeness (QED) is 0.862. The summed E-state index contributed by atoms with van der Waals surface area (Å²) in [6.45, 7) is 4.12. The maximum absolute atomic E-state index is 4.35. The van der Waals surface area contributed by atoms with Crippen LogP contribution in [0.4, 0.5) is 0 Å². The van der Waals surface area contributed by atoms with Gasteiger partial charge in [0.15, 0.2) is 0 Å². The molecule has 0 saturated carbocycles. The van der Waals surface area contributed by atoms with E-state index in [1.165, 1.54) is 16.1 Å². The molecule has 16 heavy (non-hydrogen) atoms. The number of nitrogens with zero attached hydrogens (tertiary/aromatic N) is 2. The lowest BCUT2D eigenvalue weighted by molar-refractivity contribution is 0.518. The summed E-state index contributed by atoms with van der Waals surface area (Å²) in [5.74, 6) is 0. The SMILES string of the molecule is CCn1nccc1C1NCCc2ccsc21. The van der Waals surface area contributed by atoms with Gasteiger partial charge in [-0.2, -0.15) is 5.10 Å². The number of aryl methyl sites for hydroxylation is 1. The van der Waals surface area contributed by atoms with Crippen LogP contribution in [0.5, 0.6) is 0 Å². The van der Waals surface area contributed by atoms with Gasteiger partial charge in [-0.1, -0.05) is 0 Å². The summed E-state index contributed by atoms with van der Waals surface area (Å²) in [6, 6.07) is 4.71. The highest BCUT2D eigenvalue weighted by Crippen LogP contribution is 2.32. The molecule has 0 spiro atoms. The Kier molecular flexibility index (Phi) is 2.53. The lowest BCUT2D eigenvalue weighted by Gasteiger charge is -2.24. The Bertz CT molecular complexity index is 486. The molecule has 2 aromatic rings. The van der Waals surface area contributed by atoms with Gasteiger partial charge in [0.2, 0.25) is 0 Å². The van der Waals surface area contributed by atoms with Crippen molar-refractivity contribution in [2.24, 2.45) is 0 Å². The van der Waals surface area contributed by atoms with Crippen molar-refractivity contribution in [1.29, 1.82) is 0 Å². The molecule has 0 aliphatic carbocycles. The molecule has 1 unspecified atom stereocenters. The number of thiophene rings is 1. The Morgan fingerprint density at radius 1 is 1.56 bits per heavy atom. The van der Waals surface area contributed by atoms with E-state index in [1.807, 2.05) is 17.5 Å². The Balaban J connectivity index is 2.04. The number of hydrogen-bond donors (Lipinski definition) is 1. The van der Waals surface area contributed by atoms with E-state index < -0.39 is 0 Å². The molecular weight excluding hydrogens is 218 g/mol. The third-order valence-electron chi connectivity index (χ3n) is 3.13. The third-order valence-corrected chi connectivity index (χ3v) is 4.15. The summed E-state index contributed by atoms with van der Waals surface area (Å²) in [4.78, 5) is 1.46. The Morgan fingerprint density at radius 2 is 2.50 bits per heavy atom. The van der Waals surface area contributed by atoms with Gasteiger partial charge in [0.25, 0.3) is 0 Å². The first-order chi connectivity index (χ1) is 7.90.